The molecule has 0 aliphatic heterocycles. The van der Waals surface area contributed by atoms with Crippen molar-refractivity contribution in [3.8, 4) is 0 Å². The SMILES string of the molecule is O=C(O)c1cc2ccccc2n1CCCCCCCCn1ccc2ccccc21. The van der Waals surface area contributed by atoms with Crippen molar-refractivity contribution in [2.45, 2.75) is 51.6 Å². The summed E-state index contributed by atoms with van der Waals surface area (Å²) in [6, 6.07) is 20.4. The molecule has 150 valence electrons. The predicted molar refractivity (Wildman–Crippen MR) is 119 cm³/mol. The van der Waals surface area contributed by atoms with E-state index in [0.29, 0.717) is 5.69 Å². The minimum Gasteiger partial charge on any atom is -0.477 e. The highest BCUT2D eigenvalue weighted by atomic mass is 16.4. The Morgan fingerprint density at radius 1 is 0.724 bits per heavy atom. The number of para-hydroxylation sites is 2. The van der Waals surface area contributed by atoms with E-state index in [1.54, 1.807) is 6.07 Å². The van der Waals surface area contributed by atoms with E-state index in [9.17, 15) is 9.90 Å². The van der Waals surface area contributed by atoms with Gasteiger partial charge in [0.15, 0.2) is 0 Å². The Hall–Kier alpha value is -3.01. The summed E-state index contributed by atoms with van der Waals surface area (Å²) in [6.45, 7) is 1.84. The molecule has 4 heteroatoms. The van der Waals surface area contributed by atoms with Gasteiger partial charge in [0.05, 0.1) is 0 Å². The fourth-order valence-electron chi connectivity index (χ4n) is 4.22. The number of unbranched alkanes of at least 4 members (excludes halogenated alkanes) is 5. The van der Waals surface area contributed by atoms with Gasteiger partial charge in [-0.05, 0) is 42.5 Å². The first-order valence-electron chi connectivity index (χ1n) is 10.6. The number of aromatic nitrogens is 2. The number of rotatable bonds is 10. The van der Waals surface area contributed by atoms with E-state index in [1.807, 2.05) is 28.8 Å². The van der Waals surface area contributed by atoms with E-state index in [4.69, 9.17) is 0 Å². The standard InChI is InChI=1S/C25H28N2O2/c28-25(29)24-19-21-12-6-8-14-23(21)27(24)17-10-4-2-1-3-9-16-26-18-15-20-11-5-7-13-22(20)26/h5-8,11-15,18-19H,1-4,9-10,16-17H2,(H,28,29). The molecule has 0 radical (unpaired) electrons. The minimum atomic E-state index is -0.848. The molecule has 0 aliphatic carbocycles. The Labute approximate surface area is 171 Å². The summed E-state index contributed by atoms with van der Waals surface area (Å²) in [7, 11) is 0. The highest BCUT2D eigenvalue weighted by Crippen LogP contribution is 2.21. The van der Waals surface area contributed by atoms with Crippen molar-refractivity contribution in [3.05, 3.63) is 72.6 Å². The fraction of sp³-hybridized carbons (Fsp3) is 0.320. The molecular formula is C25H28N2O2. The normalized spacial score (nSPS) is 11.4. The van der Waals surface area contributed by atoms with Gasteiger partial charge in [0.1, 0.15) is 5.69 Å². The molecule has 0 spiro atoms. The summed E-state index contributed by atoms with van der Waals surface area (Å²) in [5.41, 5.74) is 2.73. The number of nitrogens with zero attached hydrogens (tertiary/aromatic N) is 2. The Morgan fingerprint density at radius 2 is 1.34 bits per heavy atom. The van der Waals surface area contributed by atoms with Crippen molar-refractivity contribution in [2.75, 3.05) is 0 Å². The van der Waals surface area contributed by atoms with E-state index in [-0.39, 0.29) is 0 Å². The molecule has 0 unspecified atom stereocenters. The molecule has 4 rings (SSSR count). The largest absolute Gasteiger partial charge is 0.477 e. The van der Waals surface area contributed by atoms with Crippen LogP contribution in [0, 0.1) is 0 Å². The number of aryl methyl sites for hydroxylation is 2. The number of benzene rings is 2. The molecular weight excluding hydrogens is 360 g/mol. The number of hydrogen-bond acceptors (Lipinski definition) is 1. The minimum absolute atomic E-state index is 0.394. The van der Waals surface area contributed by atoms with Crippen molar-refractivity contribution in [2.24, 2.45) is 0 Å². The molecule has 4 nitrogen and oxygen atoms in total. The van der Waals surface area contributed by atoms with E-state index < -0.39 is 5.97 Å². The highest BCUT2D eigenvalue weighted by molar-refractivity contribution is 5.94. The second kappa shape index (κ2) is 8.99. The third-order valence-corrected chi connectivity index (χ3v) is 5.74. The lowest BCUT2D eigenvalue weighted by Gasteiger charge is -2.09. The summed E-state index contributed by atoms with van der Waals surface area (Å²) in [5.74, 6) is -0.848. The van der Waals surface area contributed by atoms with Crippen molar-refractivity contribution in [3.63, 3.8) is 0 Å². The van der Waals surface area contributed by atoms with Gasteiger partial charge in [0.2, 0.25) is 0 Å². The molecule has 0 bridgehead atoms. The topological polar surface area (TPSA) is 47.2 Å². The zero-order valence-electron chi connectivity index (χ0n) is 16.8. The molecule has 0 saturated carbocycles. The Bertz CT molecular complexity index is 1110. The van der Waals surface area contributed by atoms with E-state index in [1.165, 1.54) is 36.6 Å². The van der Waals surface area contributed by atoms with Gasteiger partial charge in [-0.3, -0.25) is 0 Å². The monoisotopic (exact) mass is 388 g/mol. The lowest BCUT2D eigenvalue weighted by Crippen LogP contribution is -2.08. The maximum atomic E-state index is 11.6. The van der Waals surface area contributed by atoms with Crippen LogP contribution in [-0.4, -0.2) is 20.2 Å². The van der Waals surface area contributed by atoms with E-state index in [0.717, 1.165) is 36.8 Å². The van der Waals surface area contributed by atoms with Gasteiger partial charge >= 0.3 is 5.97 Å². The molecule has 0 atom stereocenters. The van der Waals surface area contributed by atoms with Gasteiger partial charge in [-0.25, -0.2) is 4.79 Å². The van der Waals surface area contributed by atoms with Crippen LogP contribution in [0.3, 0.4) is 0 Å². The predicted octanol–water partition coefficient (Wildman–Crippen LogP) is 6.34. The van der Waals surface area contributed by atoms with Crippen molar-refractivity contribution in [1.29, 1.82) is 0 Å². The van der Waals surface area contributed by atoms with E-state index in [2.05, 4.69) is 41.1 Å². The molecule has 4 aromatic rings. The molecule has 0 saturated heterocycles. The third-order valence-electron chi connectivity index (χ3n) is 5.74. The lowest BCUT2D eigenvalue weighted by atomic mass is 10.1. The smallest absolute Gasteiger partial charge is 0.352 e. The van der Waals surface area contributed by atoms with Crippen LogP contribution in [0.1, 0.15) is 49.0 Å². The Morgan fingerprint density at radius 3 is 2.10 bits per heavy atom. The fourth-order valence-corrected chi connectivity index (χ4v) is 4.22. The summed E-state index contributed by atoms with van der Waals surface area (Å²) in [5, 5.41) is 11.8. The van der Waals surface area contributed by atoms with Crippen molar-refractivity contribution in [1.82, 2.24) is 9.13 Å². The zero-order valence-corrected chi connectivity index (χ0v) is 16.8. The number of carboxylic acid groups (broad SMARTS) is 1. The van der Waals surface area contributed by atoms with Crippen molar-refractivity contribution >= 4 is 27.8 Å². The van der Waals surface area contributed by atoms with Gasteiger partial charge in [-0.2, -0.15) is 0 Å². The first kappa shape index (κ1) is 19.3. The Balaban J connectivity index is 1.19. The maximum absolute atomic E-state index is 11.6. The number of carbonyl (C=O) groups is 1. The van der Waals surface area contributed by atoms with Crippen molar-refractivity contribution < 1.29 is 9.90 Å². The van der Waals surface area contributed by atoms with Crippen LogP contribution in [-0.2, 0) is 13.1 Å². The maximum Gasteiger partial charge on any atom is 0.352 e. The summed E-state index contributed by atoms with van der Waals surface area (Å²) >= 11 is 0. The second-order valence-corrected chi connectivity index (χ2v) is 7.73. The van der Waals surface area contributed by atoms with Crippen LogP contribution >= 0.6 is 0 Å². The number of carboxylic acids is 1. The third kappa shape index (κ3) is 4.37. The first-order chi connectivity index (χ1) is 14.2. The van der Waals surface area contributed by atoms with Crippen LogP contribution in [0.5, 0.6) is 0 Å². The number of fused-ring (bicyclic) bond motifs is 2. The van der Waals surface area contributed by atoms with Crippen LogP contribution in [0.25, 0.3) is 21.8 Å². The molecule has 0 fully saturated rings. The summed E-state index contributed by atoms with van der Waals surface area (Å²) < 4.78 is 4.30. The van der Waals surface area contributed by atoms with Crippen LogP contribution in [0.4, 0.5) is 0 Å². The second-order valence-electron chi connectivity index (χ2n) is 7.73. The molecule has 0 aliphatic rings. The van der Waals surface area contributed by atoms with Gasteiger partial charge in [0.25, 0.3) is 0 Å². The Kier molecular flexibility index (Phi) is 5.99. The van der Waals surface area contributed by atoms with Crippen LogP contribution < -0.4 is 0 Å². The highest BCUT2D eigenvalue weighted by Gasteiger charge is 2.13. The first-order valence-corrected chi connectivity index (χ1v) is 10.6. The average Bonchev–Trinajstić information content (AvgIpc) is 3.32. The summed E-state index contributed by atoms with van der Waals surface area (Å²) in [6.07, 6.45) is 9.21. The quantitative estimate of drug-likeness (QED) is 0.322. The number of aromatic carboxylic acids is 1. The van der Waals surface area contributed by atoms with Gasteiger partial charge < -0.3 is 14.2 Å². The molecule has 0 amide bonds. The van der Waals surface area contributed by atoms with Crippen LogP contribution in [0.15, 0.2) is 66.9 Å². The average molecular weight is 389 g/mol. The molecule has 2 heterocycles. The molecule has 2 aromatic heterocycles. The lowest BCUT2D eigenvalue weighted by molar-refractivity contribution is 0.0685. The van der Waals surface area contributed by atoms with Gasteiger partial charge in [-0.15, -0.1) is 0 Å². The molecule has 29 heavy (non-hydrogen) atoms. The van der Waals surface area contributed by atoms with Crippen LogP contribution in [0.2, 0.25) is 0 Å². The molecule has 2 aromatic carbocycles. The zero-order chi connectivity index (χ0) is 20.1. The summed E-state index contributed by atoms with van der Waals surface area (Å²) in [4.78, 5) is 11.6. The van der Waals surface area contributed by atoms with E-state index >= 15 is 0 Å². The molecule has 1 N–H and O–H groups in total. The van der Waals surface area contributed by atoms with Gasteiger partial charge in [0, 0.05) is 35.7 Å². The van der Waals surface area contributed by atoms with Gasteiger partial charge in [-0.1, -0.05) is 62.1 Å². The number of hydrogen-bond donors (Lipinski definition) is 1.